The van der Waals surface area contributed by atoms with E-state index in [0.717, 1.165) is 35.0 Å². The Bertz CT molecular complexity index is 1100. The molecule has 0 bridgehead atoms. The van der Waals surface area contributed by atoms with Crippen LogP contribution in [-0.2, 0) is 28.6 Å². The van der Waals surface area contributed by atoms with Crippen LogP contribution < -0.4 is 4.90 Å². The fourth-order valence-electron chi connectivity index (χ4n) is 2.67. The van der Waals surface area contributed by atoms with Crippen LogP contribution >= 0.6 is 11.6 Å². The first-order chi connectivity index (χ1) is 14.4. The van der Waals surface area contributed by atoms with Crippen LogP contribution in [0.25, 0.3) is 0 Å². The highest BCUT2D eigenvalue weighted by Crippen LogP contribution is 2.21. The second-order valence-electron chi connectivity index (χ2n) is 6.82. The summed E-state index contributed by atoms with van der Waals surface area (Å²) in [6, 6.07) is 12.8. The zero-order chi connectivity index (χ0) is 23.1. The maximum Gasteiger partial charge on any atom is 0.264 e. The Labute approximate surface area is 188 Å². The molecule has 0 atom stereocenters. The van der Waals surface area contributed by atoms with Crippen LogP contribution in [0, 0.1) is 6.92 Å². The quantitative estimate of drug-likeness (QED) is 0.353. The van der Waals surface area contributed by atoms with E-state index in [9.17, 15) is 16.8 Å². The highest BCUT2D eigenvalue weighted by molar-refractivity contribution is 7.86. The molecule has 0 aliphatic rings. The van der Waals surface area contributed by atoms with Crippen molar-refractivity contribution >= 4 is 49.4 Å². The van der Waals surface area contributed by atoms with Gasteiger partial charge in [-0.1, -0.05) is 23.7 Å². The van der Waals surface area contributed by atoms with Crippen molar-refractivity contribution in [1.29, 1.82) is 0 Å². The predicted molar refractivity (Wildman–Crippen MR) is 124 cm³/mol. The molecule has 2 rings (SSSR count). The first kappa shape index (κ1) is 25.3. The summed E-state index contributed by atoms with van der Waals surface area (Å²) >= 11 is 5.98. The molecule has 0 aliphatic carbocycles. The van der Waals surface area contributed by atoms with Gasteiger partial charge in [0.2, 0.25) is 0 Å². The molecule has 2 aromatic carbocycles. The van der Waals surface area contributed by atoms with Gasteiger partial charge in [0, 0.05) is 30.0 Å². The molecule has 0 saturated carbocycles. The number of anilines is 1. The van der Waals surface area contributed by atoms with Gasteiger partial charge in [0.25, 0.3) is 20.2 Å². The van der Waals surface area contributed by atoms with E-state index in [1.165, 1.54) is 0 Å². The summed E-state index contributed by atoms with van der Waals surface area (Å²) in [5, 5.41) is 0.602. The summed E-state index contributed by atoms with van der Waals surface area (Å²) in [6.07, 6.45) is 3.68. The van der Waals surface area contributed by atoms with Crippen molar-refractivity contribution < 1.29 is 25.2 Å². The molecule has 0 fully saturated rings. The third-order valence-electron chi connectivity index (χ3n) is 4.10. The van der Waals surface area contributed by atoms with E-state index in [2.05, 4.69) is 4.99 Å². The molecule has 2 aromatic rings. The SMILES string of the molecule is Cc1cc(N(CCOS(C)(=O)=O)CCOS(C)(=O)=O)ccc1C=Nc1cccc(Cl)c1. The molecule has 0 radical (unpaired) electrons. The number of hydrogen-bond acceptors (Lipinski definition) is 8. The molecule has 0 unspecified atom stereocenters. The van der Waals surface area contributed by atoms with Gasteiger partial charge >= 0.3 is 0 Å². The molecule has 0 aromatic heterocycles. The van der Waals surface area contributed by atoms with Crippen molar-refractivity contribution in [2.75, 3.05) is 43.7 Å². The van der Waals surface area contributed by atoms with E-state index in [-0.39, 0.29) is 26.3 Å². The molecule has 0 aliphatic heterocycles. The Morgan fingerprint density at radius 2 is 1.58 bits per heavy atom. The monoisotopic (exact) mass is 488 g/mol. The number of aliphatic imine (C=N–C) groups is 1. The van der Waals surface area contributed by atoms with Crippen LogP contribution in [-0.4, -0.2) is 61.9 Å². The normalized spacial score (nSPS) is 12.4. The number of hydrogen-bond donors (Lipinski definition) is 0. The van der Waals surface area contributed by atoms with Crippen LogP contribution in [0.2, 0.25) is 5.02 Å². The van der Waals surface area contributed by atoms with Gasteiger partial charge in [-0.3, -0.25) is 13.4 Å². The van der Waals surface area contributed by atoms with Gasteiger partial charge in [-0.15, -0.1) is 0 Å². The lowest BCUT2D eigenvalue weighted by atomic mass is 10.1. The third kappa shape index (κ3) is 9.79. The zero-order valence-corrected chi connectivity index (χ0v) is 19.9. The van der Waals surface area contributed by atoms with Crippen molar-refractivity contribution in [3.63, 3.8) is 0 Å². The van der Waals surface area contributed by atoms with Crippen LogP contribution in [0.5, 0.6) is 0 Å². The number of rotatable bonds is 11. The smallest absolute Gasteiger partial charge is 0.264 e. The first-order valence-electron chi connectivity index (χ1n) is 9.27. The summed E-state index contributed by atoms with van der Waals surface area (Å²) in [7, 11) is -7.16. The minimum atomic E-state index is -3.58. The van der Waals surface area contributed by atoms with E-state index in [1.54, 1.807) is 23.2 Å². The Kier molecular flexibility index (Phi) is 9.01. The van der Waals surface area contributed by atoms with Crippen LogP contribution in [0.1, 0.15) is 11.1 Å². The average molecular weight is 489 g/mol. The van der Waals surface area contributed by atoms with Gasteiger partial charge in [0.05, 0.1) is 31.4 Å². The topological polar surface area (TPSA) is 102 Å². The van der Waals surface area contributed by atoms with E-state index >= 15 is 0 Å². The first-order valence-corrected chi connectivity index (χ1v) is 13.3. The lowest BCUT2D eigenvalue weighted by molar-refractivity contribution is 0.309. The van der Waals surface area contributed by atoms with Crippen molar-refractivity contribution in [3.8, 4) is 0 Å². The fourth-order valence-corrected chi connectivity index (χ4v) is 3.61. The molecule has 8 nitrogen and oxygen atoms in total. The van der Waals surface area contributed by atoms with Crippen molar-refractivity contribution in [2.45, 2.75) is 6.92 Å². The number of aryl methyl sites for hydroxylation is 1. The molecule has 0 N–H and O–H groups in total. The lowest BCUT2D eigenvalue weighted by Gasteiger charge is -2.25. The maximum absolute atomic E-state index is 11.2. The van der Waals surface area contributed by atoms with Crippen LogP contribution in [0.4, 0.5) is 11.4 Å². The second-order valence-corrected chi connectivity index (χ2v) is 10.5. The summed E-state index contributed by atoms with van der Waals surface area (Å²) in [5.74, 6) is 0. The third-order valence-corrected chi connectivity index (χ3v) is 5.52. The van der Waals surface area contributed by atoms with Crippen LogP contribution in [0.3, 0.4) is 0 Å². The molecular formula is C20H25ClN2O6S2. The van der Waals surface area contributed by atoms with E-state index in [1.807, 2.05) is 37.3 Å². The molecule has 0 spiro atoms. The highest BCUT2D eigenvalue weighted by Gasteiger charge is 2.12. The minimum absolute atomic E-state index is 0.0747. The summed E-state index contributed by atoms with van der Waals surface area (Å²) in [4.78, 5) is 6.22. The summed E-state index contributed by atoms with van der Waals surface area (Å²) in [5.41, 5.74) is 3.32. The molecular weight excluding hydrogens is 464 g/mol. The molecule has 0 saturated heterocycles. The van der Waals surface area contributed by atoms with Gasteiger partial charge in [-0.25, -0.2) is 0 Å². The van der Waals surface area contributed by atoms with Crippen molar-refractivity contribution in [3.05, 3.63) is 58.6 Å². The van der Waals surface area contributed by atoms with E-state index in [0.29, 0.717) is 5.02 Å². The van der Waals surface area contributed by atoms with Crippen molar-refractivity contribution in [2.24, 2.45) is 4.99 Å². The van der Waals surface area contributed by atoms with Crippen LogP contribution in [0.15, 0.2) is 47.5 Å². The summed E-state index contributed by atoms with van der Waals surface area (Å²) in [6.45, 7) is 2.23. The Hall–Kier alpha value is -1.98. The largest absolute Gasteiger partial charge is 0.367 e. The fraction of sp³-hybridized carbons (Fsp3) is 0.350. The Morgan fingerprint density at radius 3 is 2.10 bits per heavy atom. The van der Waals surface area contributed by atoms with Crippen molar-refractivity contribution in [1.82, 2.24) is 0 Å². The number of halogens is 1. The molecule has 31 heavy (non-hydrogen) atoms. The minimum Gasteiger partial charge on any atom is -0.367 e. The van der Waals surface area contributed by atoms with Gasteiger partial charge in [-0.2, -0.15) is 16.8 Å². The summed E-state index contributed by atoms with van der Waals surface area (Å²) < 4.78 is 54.6. The van der Waals surface area contributed by atoms with Gasteiger partial charge in [-0.05, 0) is 48.4 Å². The van der Waals surface area contributed by atoms with E-state index in [4.69, 9.17) is 20.0 Å². The molecule has 11 heteroatoms. The average Bonchev–Trinajstić information content (AvgIpc) is 2.64. The Balaban J connectivity index is 2.16. The van der Waals surface area contributed by atoms with Gasteiger partial charge in [0.15, 0.2) is 0 Å². The predicted octanol–water partition coefficient (Wildman–Crippen LogP) is 3.16. The number of nitrogens with zero attached hydrogens (tertiary/aromatic N) is 2. The van der Waals surface area contributed by atoms with Gasteiger partial charge in [0.1, 0.15) is 0 Å². The lowest BCUT2D eigenvalue weighted by Crippen LogP contribution is -2.32. The highest BCUT2D eigenvalue weighted by atomic mass is 35.5. The Morgan fingerprint density at radius 1 is 0.968 bits per heavy atom. The standard InChI is InChI=1S/C20H25ClN2O6S2/c1-16-13-20(8-7-17(16)15-22-19-6-4-5-18(21)14-19)23(9-11-28-30(2,24)25)10-12-29-31(3,26)27/h4-8,13-15H,9-12H2,1-3H3. The molecule has 0 heterocycles. The van der Waals surface area contributed by atoms with Gasteiger partial charge < -0.3 is 4.90 Å². The molecule has 170 valence electrons. The maximum atomic E-state index is 11.2. The number of benzene rings is 2. The zero-order valence-electron chi connectivity index (χ0n) is 17.5. The molecule has 0 amide bonds. The van der Waals surface area contributed by atoms with E-state index < -0.39 is 20.2 Å². The second kappa shape index (κ2) is 11.1.